The molecule has 17 heavy (non-hydrogen) atoms. The predicted octanol–water partition coefficient (Wildman–Crippen LogP) is 1.96. The number of hydrogen-bond donors (Lipinski definition) is 0. The van der Waals surface area contributed by atoms with E-state index < -0.39 is 0 Å². The molecule has 3 rings (SSSR count). The maximum atomic E-state index is 5.70. The lowest BCUT2D eigenvalue weighted by molar-refractivity contribution is -0.0938. The minimum absolute atomic E-state index is 0.193. The van der Waals surface area contributed by atoms with Gasteiger partial charge in [0, 0.05) is 18.3 Å². The standard InChI is InChI=1S/C13H20N2O2/c1-2-4-11(3-1)13-14-5-6-15(13)9-12-10-16-7-8-17-12/h5-6,11-12H,1-4,7-10H2. The highest BCUT2D eigenvalue weighted by Crippen LogP contribution is 2.33. The van der Waals surface area contributed by atoms with Gasteiger partial charge in [0.2, 0.25) is 0 Å². The van der Waals surface area contributed by atoms with E-state index in [9.17, 15) is 0 Å². The molecule has 1 aliphatic carbocycles. The van der Waals surface area contributed by atoms with Crippen LogP contribution in [-0.4, -0.2) is 35.5 Å². The molecule has 1 unspecified atom stereocenters. The summed E-state index contributed by atoms with van der Waals surface area (Å²) in [4.78, 5) is 4.53. The van der Waals surface area contributed by atoms with Crippen LogP contribution in [0.3, 0.4) is 0 Å². The molecule has 0 N–H and O–H groups in total. The van der Waals surface area contributed by atoms with Gasteiger partial charge < -0.3 is 14.0 Å². The third-order valence-corrected chi connectivity index (χ3v) is 3.75. The summed E-state index contributed by atoms with van der Waals surface area (Å²) in [6.07, 6.45) is 9.46. The van der Waals surface area contributed by atoms with Crippen LogP contribution in [0.1, 0.15) is 37.4 Å². The number of nitrogens with zero attached hydrogens (tertiary/aromatic N) is 2. The molecule has 94 valence electrons. The average molecular weight is 236 g/mol. The molecule has 0 aromatic carbocycles. The van der Waals surface area contributed by atoms with Crippen molar-refractivity contribution in [3.63, 3.8) is 0 Å². The molecule has 1 aliphatic heterocycles. The number of ether oxygens (including phenoxy) is 2. The molecule has 4 nitrogen and oxygen atoms in total. The van der Waals surface area contributed by atoms with E-state index in [1.54, 1.807) is 0 Å². The number of rotatable bonds is 3. The summed E-state index contributed by atoms with van der Waals surface area (Å²) in [6, 6.07) is 0. The van der Waals surface area contributed by atoms with Gasteiger partial charge in [0.05, 0.1) is 32.5 Å². The summed E-state index contributed by atoms with van der Waals surface area (Å²) >= 11 is 0. The van der Waals surface area contributed by atoms with Crippen LogP contribution in [0.4, 0.5) is 0 Å². The second kappa shape index (κ2) is 5.19. The van der Waals surface area contributed by atoms with Crippen molar-refractivity contribution in [2.75, 3.05) is 19.8 Å². The third kappa shape index (κ3) is 2.53. The molecule has 1 saturated carbocycles. The highest BCUT2D eigenvalue weighted by Gasteiger charge is 2.23. The Kier molecular flexibility index (Phi) is 3.43. The van der Waals surface area contributed by atoms with E-state index >= 15 is 0 Å². The molecule has 1 aromatic heterocycles. The summed E-state index contributed by atoms with van der Waals surface area (Å²) in [5.74, 6) is 1.91. The minimum Gasteiger partial charge on any atom is -0.376 e. The molecule has 1 saturated heterocycles. The lowest BCUT2D eigenvalue weighted by atomic mass is 10.1. The van der Waals surface area contributed by atoms with Gasteiger partial charge in [0.25, 0.3) is 0 Å². The SMILES string of the molecule is c1cn(CC2COCCO2)c(C2CCCC2)n1. The lowest BCUT2D eigenvalue weighted by Gasteiger charge is -2.24. The first-order chi connectivity index (χ1) is 8.43. The molecule has 4 heteroatoms. The fraction of sp³-hybridized carbons (Fsp3) is 0.769. The van der Waals surface area contributed by atoms with Crippen molar-refractivity contribution in [3.8, 4) is 0 Å². The summed E-state index contributed by atoms with van der Waals surface area (Å²) in [5.41, 5.74) is 0. The average Bonchev–Trinajstić information content (AvgIpc) is 3.00. The molecule has 1 atom stereocenters. The van der Waals surface area contributed by atoms with Crippen LogP contribution in [0.15, 0.2) is 12.4 Å². The van der Waals surface area contributed by atoms with Gasteiger partial charge in [-0.1, -0.05) is 12.8 Å². The quantitative estimate of drug-likeness (QED) is 0.805. The summed E-state index contributed by atoms with van der Waals surface area (Å²) in [7, 11) is 0. The molecule has 0 bridgehead atoms. The van der Waals surface area contributed by atoms with Crippen molar-refractivity contribution in [1.82, 2.24) is 9.55 Å². The van der Waals surface area contributed by atoms with Crippen molar-refractivity contribution in [3.05, 3.63) is 18.2 Å². The van der Waals surface area contributed by atoms with Crippen LogP contribution in [-0.2, 0) is 16.0 Å². The molecular weight excluding hydrogens is 216 g/mol. The Hall–Kier alpha value is -0.870. The van der Waals surface area contributed by atoms with Gasteiger partial charge in [-0.25, -0.2) is 4.98 Å². The molecule has 1 aromatic rings. The van der Waals surface area contributed by atoms with Crippen molar-refractivity contribution in [1.29, 1.82) is 0 Å². The van der Waals surface area contributed by atoms with Gasteiger partial charge in [-0.05, 0) is 12.8 Å². The lowest BCUT2D eigenvalue weighted by Crippen LogP contribution is -2.32. The zero-order valence-electron chi connectivity index (χ0n) is 10.2. The van der Waals surface area contributed by atoms with Gasteiger partial charge in [-0.15, -0.1) is 0 Å². The normalized spacial score (nSPS) is 26.5. The molecule has 0 radical (unpaired) electrons. The van der Waals surface area contributed by atoms with E-state index in [1.165, 1.54) is 31.5 Å². The molecule has 2 fully saturated rings. The Morgan fingerprint density at radius 1 is 1.29 bits per heavy atom. The maximum absolute atomic E-state index is 5.70. The number of hydrogen-bond acceptors (Lipinski definition) is 3. The van der Waals surface area contributed by atoms with Crippen LogP contribution in [0.2, 0.25) is 0 Å². The fourth-order valence-electron chi connectivity index (χ4n) is 2.88. The van der Waals surface area contributed by atoms with Gasteiger partial charge in [0.15, 0.2) is 0 Å². The first-order valence-electron chi connectivity index (χ1n) is 6.64. The smallest absolute Gasteiger partial charge is 0.111 e. The first kappa shape index (κ1) is 11.2. The number of imidazole rings is 1. The van der Waals surface area contributed by atoms with E-state index in [1.807, 2.05) is 6.20 Å². The van der Waals surface area contributed by atoms with E-state index in [2.05, 4.69) is 15.7 Å². The van der Waals surface area contributed by atoms with Gasteiger partial charge in [-0.3, -0.25) is 0 Å². The Bertz CT molecular complexity index is 352. The molecule has 2 heterocycles. The number of aromatic nitrogens is 2. The van der Waals surface area contributed by atoms with Gasteiger partial charge in [0.1, 0.15) is 5.82 Å². The molecule has 0 spiro atoms. The van der Waals surface area contributed by atoms with Gasteiger partial charge in [-0.2, -0.15) is 0 Å². The van der Waals surface area contributed by atoms with Crippen molar-refractivity contribution >= 4 is 0 Å². The zero-order valence-corrected chi connectivity index (χ0v) is 10.2. The van der Waals surface area contributed by atoms with Crippen molar-refractivity contribution in [2.24, 2.45) is 0 Å². The Labute approximate surface area is 102 Å². The predicted molar refractivity (Wildman–Crippen MR) is 64.0 cm³/mol. The van der Waals surface area contributed by atoms with Gasteiger partial charge >= 0.3 is 0 Å². The first-order valence-corrected chi connectivity index (χ1v) is 6.64. The molecule has 2 aliphatic rings. The summed E-state index contributed by atoms with van der Waals surface area (Å²) < 4.78 is 13.4. The highest BCUT2D eigenvalue weighted by atomic mass is 16.6. The van der Waals surface area contributed by atoms with Crippen LogP contribution in [0.25, 0.3) is 0 Å². The van der Waals surface area contributed by atoms with Crippen LogP contribution >= 0.6 is 0 Å². The zero-order chi connectivity index (χ0) is 11.5. The van der Waals surface area contributed by atoms with Crippen LogP contribution in [0.5, 0.6) is 0 Å². The van der Waals surface area contributed by atoms with Crippen LogP contribution in [0, 0.1) is 0 Å². The van der Waals surface area contributed by atoms with E-state index in [-0.39, 0.29) is 6.10 Å². The van der Waals surface area contributed by atoms with Crippen molar-refractivity contribution in [2.45, 2.75) is 44.2 Å². The second-order valence-corrected chi connectivity index (χ2v) is 4.99. The fourth-order valence-corrected chi connectivity index (χ4v) is 2.88. The van der Waals surface area contributed by atoms with Crippen LogP contribution < -0.4 is 0 Å². The minimum atomic E-state index is 0.193. The molecule has 0 amide bonds. The maximum Gasteiger partial charge on any atom is 0.111 e. The van der Waals surface area contributed by atoms with Crippen molar-refractivity contribution < 1.29 is 9.47 Å². The Morgan fingerprint density at radius 3 is 2.94 bits per heavy atom. The topological polar surface area (TPSA) is 36.3 Å². The third-order valence-electron chi connectivity index (χ3n) is 3.75. The Balaban J connectivity index is 1.67. The Morgan fingerprint density at radius 2 is 2.18 bits per heavy atom. The van der Waals surface area contributed by atoms with E-state index in [0.29, 0.717) is 12.5 Å². The van der Waals surface area contributed by atoms with E-state index in [0.717, 1.165) is 19.8 Å². The monoisotopic (exact) mass is 236 g/mol. The summed E-state index contributed by atoms with van der Waals surface area (Å²) in [6.45, 7) is 3.04. The summed E-state index contributed by atoms with van der Waals surface area (Å²) in [5, 5.41) is 0. The van der Waals surface area contributed by atoms with E-state index in [4.69, 9.17) is 9.47 Å². The molecular formula is C13H20N2O2. The second-order valence-electron chi connectivity index (χ2n) is 4.99. The highest BCUT2D eigenvalue weighted by molar-refractivity contribution is 5.02. The largest absolute Gasteiger partial charge is 0.376 e.